The molecular weight excluding hydrogens is 250 g/mol. The zero-order valence-corrected chi connectivity index (χ0v) is 11.1. The van der Waals surface area contributed by atoms with Crippen LogP contribution in [0.2, 0.25) is 0 Å². The number of nitrogens with zero attached hydrogens (tertiary/aromatic N) is 1. The van der Waals surface area contributed by atoms with Crippen LogP contribution in [0.1, 0.15) is 20.3 Å². The maximum absolute atomic E-state index is 12.1. The van der Waals surface area contributed by atoms with Crippen LogP contribution in [0.4, 0.5) is 4.79 Å². The number of rotatable bonds is 4. The highest BCUT2D eigenvalue weighted by molar-refractivity contribution is 5.92. The molecule has 0 radical (unpaired) electrons. The number of carboxylic acids is 1. The number of amides is 3. The molecule has 1 aliphatic rings. The van der Waals surface area contributed by atoms with Gasteiger partial charge in [0.2, 0.25) is 5.91 Å². The summed E-state index contributed by atoms with van der Waals surface area (Å²) in [6.07, 6.45) is 1.55. The van der Waals surface area contributed by atoms with Crippen molar-refractivity contribution in [2.45, 2.75) is 31.8 Å². The lowest BCUT2D eigenvalue weighted by Crippen LogP contribution is -2.66. The molecule has 1 aliphatic heterocycles. The van der Waals surface area contributed by atoms with Crippen LogP contribution in [0, 0.1) is 0 Å². The molecule has 1 saturated heterocycles. The summed E-state index contributed by atoms with van der Waals surface area (Å²) in [6, 6.07) is -1.60. The Kier molecular flexibility index (Phi) is 4.52. The van der Waals surface area contributed by atoms with E-state index in [9.17, 15) is 14.4 Å². The third-order valence-corrected chi connectivity index (χ3v) is 3.09. The summed E-state index contributed by atoms with van der Waals surface area (Å²) >= 11 is 0. The summed E-state index contributed by atoms with van der Waals surface area (Å²) in [6.45, 7) is 7.38. The van der Waals surface area contributed by atoms with Crippen molar-refractivity contribution in [3.63, 3.8) is 0 Å². The van der Waals surface area contributed by atoms with Gasteiger partial charge in [0, 0.05) is 13.1 Å². The van der Waals surface area contributed by atoms with E-state index in [2.05, 4.69) is 17.2 Å². The molecule has 3 amide bonds. The number of piperazine rings is 1. The lowest BCUT2D eigenvalue weighted by molar-refractivity contribution is -0.139. The molecule has 0 aliphatic carbocycles. The highest BCUT2D eigenvalue weighted by Crippen LogP contribution is 2.17. The number of hydrogen-bond donors (Lipinski definition) is 3. The van der Waals surface area contributed by atoms with Crippen molar-refractivity contribution in [1.29, 1.82) is 0 Å². The fraction of sp³-hybridized carbons (Fsp3) is 0.583. The molecule has 1 unspecified atom stereocenters. The maximum Gasteiger partial charge on any atom is 0.326 e. The van der Waals surface area contributed by atoms with Crippen LogP contribution in [0.25, 0.3) is 0 Å². The van der Waals surface area contributed by atoms with Crippen LogP contribution in [0.5, 0.6) is 0 Å². The summed E-state index contributed by atoms with van der Waals surface area (Å²) < 4.78 is 0. The second-order valence-corrected chi connectivity index (χ2v) is 4.83. The molecule has 0 aromatic heterocycles. The molecule has 0 aromatic rings. The molecule has 1 atom stereocenters. The lowest BCUT2D eigenvalue weighted by atomic mass is 9.99. The fourth-order valence-corrected chi connectivity index (χ4v) is 1.87. The quantitative estimate of drug-likeness (QED) is 0.622. The van der Waals surface area contributed by atoms with E-state index in [1.165, 1.54) is 11.0 Å². The summed E-state index contributed by atoms with van der Waals surface area (Å²) in [5.74, 6) is -1.39. The van der Waals surface area contributed by atoms with Gasteiger partial charge in [0.25, 0.3) is 0 Å². The first-order valence-corrected chi connectivity index (χ1v) is 6.01. The van der Waals surface area contributed by atoms with E-state index in [4.69, 9.17) is 5.11 Å². The third kappa shape index (κ3) is 3.24. The van der Waals surface area contributed by atoms with Gasteiger partial charge in [-0.05, 0) is 20.3 Å². The Balaban J connectivity index is 2.78. The van der Waals surface area contributed by atoms with Gasteiger partial charge < -0.3 is 20.6 Å². The number of aliphatic carboxylic acids is 1. The van der Waals surface area contributed by atoms with Crippen molar-refractivity contribution in [3.05, 3.63) is 12.7 Å². The van der Waals surface area contributed by atoms with E-state index in [-0.39, 0.29) is 12.3 Å². The first-order valence-electron chi connectivity index (χ1n) is 6.01. The summed E-state index contributed by atoms with van der Waals surface area (Å²) in [4.78, 5) is 36.1. The molecule has 7 heteroatoms. The zero-order valence-electron chi connectivity index (χ0n) is 11.1. The van der Waals surface area contributed by atoms with Gasteiger partial charge in [-0.25, -0.2) is 9.59 Å². The number of carbonyl (C=O) groups is 3. The van der Waals surface area contributed by atoms with Gasteiger partial charge in [-0.1, -0.05) is 6.08 Å². The Labute approximate surface area is 111 Å². The van der Waals surface area contributed by atoms with Gasteiger partial charge in [0.05, 0.1) is 0 Å². The smallest absolute Gasteiger partial charge is 0.326 e. The predicted molar refractivity (Wildman–Crippen MR) is 68.6 cm³/mol. The van der Waals surface area contributed by atoms with Crippen LogP contribution in [0.3, 0.4) is 0 Å². The van der Waals surface area contributed by atoms with Gasteiger partial charge in [0.1, 0.15) is 11.6 Å². The second-order valence-electron chi connectivity index (χ2n) is 4.83. The van der Waals surface area contributed by atoms with E-state index < -0.39 is 23.6 Å². The van der Waals surface area contributed by atoms with E-state index in [1.54, 1.807) is 13.8 Å². The Morgan fingerprint density at radius 1 is 1.63 bits per heavy atom. The summed E-state index contributed by atoms with van der Waals surface area (Å²) in [7, 11) is 0. The molecule has 0 saturated carbocycles. The van der Waals surface area contributed by atoms with Gasteiger partial charge >= 0.3 is 12.0 Å². The van der Waals surface area contributed by atoms with Gasteiger partial charge in [0.15, 0.2) is 0 Å². The number of carbonyl (C=O) groups excluding carboxylic acids is 2. The Bertz CT molecular complexity index is 406. The zero-order chi connectivity index (χ0) is 14.6. The molecule has 1 rings (SSSR count). The van der Waals surface area contributed by atoms with Gasteiger partial charge in [-0.2, -0.15) is 0 Å². The molecular formula is C12H19N3O4. The molecule has 106 valence electrons. The van der Waals surface area contributed by atoms with Crippen molar-refractivity contribution in [2.24, 2.45) is 0 Å². The van der Waals surface area contributed by atoms with Crippen molar-refractivity contribution in [3.8, 4) is 0 Å². The minimum Gasteiger partial charge on any atom is -0.480 e. The Hall–Kier alpha value is -2.05. The molecule has 1 heterocycles. The normalized spacial score (nSPS) is 19.3. The number of nitrogens with one attached hydrogen (secondary N) is 2. The standard InChI is InChI=1S/C12H19N3O4/c1-4-5-8(9(16)17)14-11(19)15-7-6-13-10(18)12(15,2)3/h4,8H,1,5-7H2,2-3H3,(H,13,18)(H,14,19)(H,16,17). The van der Waals surface area contributed by atoms with E-state index in [0.29, 0.717) is 13.1 Å². The van der Waals surface area contributed by atoms with E-state index >= 15 is 0 Å². The van der Waals surface area contributed by atoms with Crippen molar-refractivity contribution in [1.82, 2.24) is 15.5 Å². The molecule has 0 spiro atoms. The summed E-state index contributed by atoms with van der Waals surface area (Å²) in [5.41, 5.74) is -1.00. The van der Waals surface area contributed by atoms with E-state index in [0.717, 1.165) is 0 Å². The topological polar surface area (TPSA) is 98.7 Å². The molecule has 3 N–H and O–H groups in total. The van der Waals surface area contributed by atoms with Crippen LogP contribution < -0.4 is 10.6 Å². The molecule has 1 fully saturated rings. The first-order chi connectivity index (χ1) is 8.80. The Morgan fingerprint density at radius 3 is 2.79 bits per heavy atom. The average molecular weight is 269 g/mol. The number of urea groups is 1. The van der Waals surface area contributed by atoms with Crippen molar-refractivity contribution < 1.29 is 19.5 Å². The largest absolute Gasteiger partial charge is 0.480 e. The van der Waals surface area contributed by atoms with Crippen LogP contribution in [-0.4, -0.2) is 52.6 Å². The van der Waals surface area contributed by atoms with Crippen LogP contribution in [0.15, 0.2) is 12.7 Å². The monoisotopic (exact) mass is 269 g/mol. The molecule has 19 heavy (non-hydrogen) atoms. The number of hydrogen-bond acceptors (Lipinski definition) is 3. The highest BCUT2D eigenvalue weighted by atomic mass is 16.4. The maximum atomic E-state index is 12.1. The molecule has 7 nitrogen and oxygen atoms in total. The second kappa shape index (κ2) is 5.73. The highest BCUT2D eigenvalue weighted by Gasteiger charge is 2.41. The van der Waals surface area contributed by atoms with Crippen molar-refractivity contribution in [2.75, 3.05) is 13.1 Å². The van der Waals surface area contributed by atoms with Gasteiger partial charge in [-0.3, -0.25) is 4.79 Å². The van der Waals surface area contributed by atoms with E-state index in [1.807, 2.05) is 0 Å². The first kappa shape index (κ1) is 15.0. The van der Waals surface area contributed by atoms with Crippen LogP contribution in [-0.2, 0) is 9.59 Å². The third-order valence-electron chi connectivity index (χ3n) is 3.09. The average Bonchev–Trinajstić information content (AvgIpc) is 2.31. The minimum atomic E-state index is -1.13. The molecule has 0 aromatic carbocycles. The fourth-order valence-electron chi connectivity index (χ4n) is 1.87. The number of carboxylic acid groups (broad SMARTS) is 1. The van der Waals surface area contributed by atoms with Gasteiger partial charge in [-0.15, -0.1) is 6.58 Å². The van der Waals surface area contributed by atoms with Crippen LogP contribution >= 0.6 is 0 Å². The SMILES string of the molecule is C=CCC(NC(=O)N1CCNC(=O)C1(C)C)C(=O)O. The Morgan fingerprint density at radius 2 is 2.26 bits per heavy atom. The lowest BCUT2D eigenvalue weighted by Gasteiger charge is -2.41. The summed E-state index contributed by atoms with van der Waals surface area (Å²) in [5, 5.41) is 14.0. The minimum absolute atomic E-state index is 0.127. The van der Waals surface area contributed by atoms with Crippen molar-refractivity contribution >= 4 is 17.9 Å². The molecule has 0 bridgehead atoms. The predicted octanol–water partition coefficient (Wildman–Crippen LogP) is -0.0643.